The predicted molar refractivity (Wildman–Crippen MR) is 90.0 cm³/mol. The van der Waals surface area contributed by atoms with E-state index in [4.69, 9.17) is 8.94 Å². The zero-order valence-electron chi connectivity index (χ0n) is 12.4. The molecule has 0 aliphatic rings. The van der Waals surface area contributed by atoms with Gasteiger partial charge in [0, 0.05) is 15.6 Å². The van der Waals surface area contributed by atoms with Gasteiger partial charge in [-0.3, -0.25) is 0 Å². The Morgan fingerprint density at radius 1 is 0.875 bits per heavy atom. The minimum absolute atomic E-state index is 0.292. The fourth-order valence-electron chi connectivity index (χ4n) is 2.22. The van der Waals surface area contributed by atoms with Crippen molar-refractivity contribution in [2.75, 3.05) is 0 Å². The second kappa shape index (κ2) is 6.37. The van der Waals surface area contributed by atoms with Crippen LogP contribution in [0.5, 0.6) is 0 Å². The highest BCUT2D eigenvalue weighted by atomic mass is 79.9. The Morgan fingerprint density at radius 2 is 1.71 bits per heavy atom. The SMILES string of the molecule is Brc1cccc(-c2noc(Cc3nnc(-c4ccccc4)o3)n2)c1. The van der Waals surface area contributed by atoms with E-state index in [-0.39, 0.29) is 0 Å². The van der Waals surface area contributed by atoms with E-state index in [9.17, 15) is 0 Å². The fraction of sp³-hybridized carbons (Fsp3) is 0.0588. The van der Waals surface area contributed by atoms with Crippen molar-refractivity contribution >= 4 is 15.9 Å². The van der Waals surface area contributed by atoms with Gasteiger partial charge in [-0.15, -0.1) is 10.2 Å². The summed E-state index contributed by atoms with van der Waals surface area (Å²) in [4.78, 5) is 4.37. The van der Waals surface area contributed by atoms with Crippen LogP contribution >= 0.6 is 15.9 Å². The van der Waals surface area contributed by atoms with Crippen molar-refractivity contribution in [1.82, 2.24) is 20.3 Å². The Morgan fingerprint density at radius 3 is 2.54 bits per heavy atom. The van der Waals surface area contributed by atoms with E-state index in [1.54, 1.807) is 0 Å². The summed E-state index contributed by atoms with van der Waals surface area (Å²) in [6, 6.07) is 17.3. The minimum Gasteiger partial charge on any atom is -0.420 e. The molecule has 0 N–H and O–H groups in total. The van der Waals surface area contributed by atoms with E-state index in [0.29, 0.717) is 29.9 Å². The van der Waals surface area contributed by atoms with Gasteiger partial charge in [-0.25, -0.2) is 0 Å². The van der Waals surface area contributed by atoms with Gasteiger partial charge in [0.25, 0.3) is 0 Å². The number of rotatable bonds is 4. The summed E-state index contributed by atoms with van der Waals surface area (Å²) < 4.78 is 11.9. The van der Waals surface area contributed by atoms with Crippen LogP contribution in [0.25, 0.3) is 22.8 Å². The largest absolute Gasteiger partial charge is 0.420 e. The van der Waals surface area contributed by atoms with Crippen molar-refractivity contribution in [3.8, 4) is 22.8 Å². The third kappa shape index (κ3) is 3.11. The Labute approximate surface area is 145 Å². The zero-order chi connectivity index (χ0) is 16.4. The van der Waals surface area contributed by atoms with Gasteiger partial charge < -0.3 is 8.94 Å². The standard InChI is InChI=1S/C17H11BrN4O2/c18-13-8-4-7-12(9-13)16-19-14(24-22-16)10-15-20-21-17(23-15)11-5-2-1-3-6-11/h1-9H,10H2. The lowest BCUT2D eigenvalue weighted by Crippen LogP contribution is -1.89. The number of hydrogen-bond acceptors (Lipinski definition) is 6. The maximum atomic E-state index is 5.65. The van der Waals surface area contributed by atoms with Gasteiger partial charge in [-0.1, -0.05) is 51.4 Å². The van der Waals surface area contributed by atoms with E-state index in [2.05, 4.69) is 36.3 Å². The molecule has 24 heavy (non-hydrogen) atoms. The van der Waals surface area contributed by atoms with Gasteiger partial charge in [-0.05, 0) is 24.3 Å². The molecule has 0 saturated heterocycles. The Kier molecular flexibility index (Phi) is 3.92. The quantitative estimate of drug-likeness (QED) is 0.527. The van der Waals surface area contributed by atoms with Crippen LogP contribution in [0, 0.1) is 0 Å². The molecule has 0 fully saturated rings. The van der Waals surface area contributed by atoms with E-state index in [1.807, 2.05) is 54.6 Å². The molecule has 7 heteroatoms. The number of aromatic nitrogens is 4. The molecule has 4 aromatic rings. The van der Waals surface area contributed by atoms with Crippen molar-refractivity contribution in [2.45, 2.75) is 6.42 Å². The molecule has 0 aliphatic carbocycles. The normalized spacial score (nSPS) is 10.9. The summed E-state index contributed by atoms with van der Waals surface area (Å²) in [5.74, 6) is 1.85. The maximum Gasteiger partial charge on any atom is 0.247 e. The van der Waals surface area contributed by atoms with Gasteiger partial charge >= 0.3 is 0 Å². The van der Waals surface area contributed by atoms with Crippen LogP contribution in [0.4, 0.5) is 0 Å². The lowest BCUT2D eigenvalue weighted by atomic mass is 10.2. The van der Waals surface area contributed by atoms with Crippen LogP contribution in [-0.4, -0.2) is 20.3 Å². The Hall–Kier alpha value is -2.80. The third-order valence-electron chi connectivity index (χ3n) is 3.34. The highest BCUT2D eigenvalue weighted by Crippen LogP contribution is 2.22. The lowest BCUT2D eigenvalue weighted by molar-refractivity contribution is 0.374. The van der Waals surface area contributed by atoms with Gasteiger partial charge in [-0.2, -0.15) is 4.98 Å². The van der Waals surface area contributed by atoms with E-state index in [1.165, 1.54) is 0 Å². The fourth-order valence-corrected chi connectivity index (χ4v) is 2.62. The number of benzene rings is 2. The zero-order valence-corrected chi connectivity index (χ0v) is 14.0. The smallest absolute Gasteiger partial charge is 0.247 e. The van der Waals surface area contributed by atoms with Crippen molar-refractivity contribution in [3.63, 3.8) is 0 Å². The highest BCUT2D eigenvalue weighted by molar-refractivity contribution is 9.10. The predicted octanol–water partition coefficient (Wildman–Crippen LogP) is 4.14. The van der Waals surface area contributed by atoms with Gasteiger partial charge in [0.2, 0.25) is 23.5 Å². The average molecular weight is 383 g/mol. The molecule has 0 amide bonds. The molecule has 2 heterocycles. The molecule has 0 spiro atoms. The van der Waals surface area contributed by atoms with Crippen LogP contribution in [0.15, 0.2) is 68.0 Å². The first-order valence-corrected chi connectivity index (χ1v) is 8.03. The molecular weight excluding hydrogens is 372 g/mol. The number of nitrogens with zero attached hydrogens (tertiary/aromatic N) is 4. The van der Waals surface area contributed by atoms with Crippen molar-refractivity contribution in [3.05, 3.63) is 70.9 Å². The second-order valence-corrected chi connectivity index (χ2v) is 5.98. The summed E-state index contributed by atoms with van der Waals surface area (Å²) in [5, 5.41) is 12.1. The van der Waals surface area contributed by atoms with Crippen LogP contribution < -0.4 is 0 Å². The topological polar surface area (TPSA) is 77.8 Å². The van der Waals surface area contributed by atoms with Gasteiger partial charge in [0.05, 0.1) is 0 Å². The lowest BCUT2D eigenvalue weighted by Gasteiger charge is -1.94. The molecular formula is C17H11BrN4O2. The summed E-state index contributed by atoms with van der Waals surface area (Å²) in [6.45, 7) is 0. The Balaban J connectivity index is 1.54. The van der Waals surface area contributed by atoms with Gasteiger partial charge in [0.15, 0.2) is 0 Å². The molecule has 6 nitrogen and oxygen atoms in total. The number of hydrogen-bond donors (Lipinski definition) is 0. The van der Waals surface area contributed by atoms with E-state index < -0.39 is 0 Å². The van der Waals surface area contributed by atoms with E-state index in [0.717, 1.165) is 15.6 Å². The first kappa shape index (κ1) is 14.8. The summed E-state index contributed by atoms with van der Waals surface area (Å²) in [5.41, 5.74) is 1.74. The number of halogens is 1. The highest BCUT2D eigenvalue weighted by Gasteiger charge is 2.14. The molecule has 0 aliphatic heterocycles. The minimum atomic E-state index is 0.292. The first-order valence-electron chi connectivity index (χ1n) is 7.24. The molecule has 0 atom stereocenters. The molecule has 0 radical (unpaired) electrons. The average Bonchev–Trinajstić information content (AvgIpc) is 3.26. The molecule has 0 bridgehead atoms. The van der Waals surface area contributed by atoms with Crippen LogP contribution in [0.2, 0.25) is 0 Å². The summed E-state index contributed by atoms with van der Waals surface area (Å²) in [6.07, 6.45) is 0.292. The Bertz CT molecular complexity index is 965. The van der Waals surface area contributed by atoms with Crippen LogP contribution in [0.3, 0.4) is 0 Å². The summed E-state index contributed by atoms with van der Waals surface area (Å²) >= 11 is 3.43. The van der Waals surface area contributed by atoms with Crippen LogP contribution in [-0.2, 0) is 6.42 Å². The van der Waals surface area contributed by atoms with E-state index >= 15 is 0 Å². The molecule has 2 aromatic heterocycles. The molecule has 0 saturated carbocycles. The van der Waals surface area contributed by atoms with Crippen LogP contribution in [0.1, 0.15) is 11.8 Å². The van der Waals surface area contributed by atoms with Crippen molar-refractivity contribution in [2.24, 2.45) is 0 Å². The molecule has 4 rings (SSSR count). The summed E-state index contributed by atoms with van der Waals surface area (Å²) in [7, 11) is 0. The van der Waals surface area contributed by atoms with Gasteiger partial charge in [0.1, 0.15) is 6.42 Å². The molecule has 118 valence electrons. The molecule has 2 aromatic carbocycles. The van der Waals surface area contributed by atoms with Crippen molar-refractivity contribution in [1.29, 1.82) is 0 Å². The third-order valence-corrected chi connectivity index (χ3v) is 3.83. The van der Waals surface area contributed by atoms with Crippen molar-refractivity contribution < 1.29 is 8.94 Å². The molecule has 0 unspecified atom stereocenters. The maximum absolute atomic E-state index is 5.65. The monoisotopic (exact) mass is 382 g/mol. The second-order valence-electron chi connectivity index (χ2n) is 5.07. The first-order chi connectivity index (χ1) is 11.8.